The summed E-state index contributed by atoms with van der Waals surface area (Å²) in [6.45, 7) is -0.703. The molecule has 1 atom stereocenters. The monoisotopic (exact) mass is 347 g/mol. The largest absolute Gasteiger partial charge is 0.495 e. The van der Waals surface area contributed by atoms with Crippen molar-refractivity contribution in [2.75, 3.05) is 20.8 Å². The van der Waals surface area contributed by atoms with Gasteiger partial charge in [-0.2, -0.15) is 0 Å². The number of rotatable bonds is 6. The molecule has 3 N–H and O–H groups in total. The fourth-order valence-electron chi connectivity index (χ4n) is 1.43. The Bertz CT molecular complexity index is 494. The SMILES string of the molecule is COc1cc(C(=O)N[C@@H](CO)C(=O)O)cc(OC)c1Br. The van der Waals surface area contributed by atoms with Gasteiger partial charge in [-0.3, -0.25) is 4.79 Å². The van der Waals surface area contributed by atoms with E-state index in [1.165, 1.54) is 26.4 Å². The summed E-state index contributed by atoms with van der Waals surface area (Å²) < 4.78 is 10.7. The van der Waals surface area contributed by atoms with Crippen LogP contribution in [0.25, 0.3) is 0 Å². The lowest BCUT2D eigenvalue weighted by Gasteiger charge is -2.14. The highest BCUT2D eigenvalue weighted by atomic mass is 79.9. The normalized spacial score (nSPS) is 11.6. The minimum Gasteiger partial charge on any atom is -0.495 e. The van der Waals surface area contributed by atoms with Crippen molar-refractivity contribution in [2.24, 2.45) is 0 Å². The summed E-state index contributed by atoms with van der Waals surface area (Å²) in [5, 5.41) is 19.9. The molecule has 1 amide bonds. The minimum atomic E-state index is -1.37. The van der Waals surface area contributed by atoms with Crippen molar-refractivity contribution in [3.63, 3.8) is 0 Å². The number of aliphatic hydroxyl groups excluding tert-OH is 1. The zero-order valence-corrected chi connectivity index (χ0v) is 12.4. The quantitative estimate of drug-likeness (QED) is 0.697. The van der Waals surface area contributed by atoms with E-state index in [4.69, 9.17) is 19.7 Å². The molecule has 0 saturated carbocycles. The van der Waals surface area contributed by atoms with E-state index in [1.807, 2.05) is 0 Å². The van der Waals surface area contributed by atoms with E-state index in [9.17, 15) is 9.59 Å². The van der Waals surface area contributed by atoms with Crippen LogP contribution < -0.4 is 14.8 Å². The van der Waals surface area contributed by atoms with E-state index in [-0.39, 0.29) is 5.56 Å². The summed E-state index contributed by atoms with van der Waals surface area (Å²) in [6.07, 6.45) is 0. The number of carbonyl (C=O) groups excluding carboxylic acids is 1. The highest BCUT2D eigenvalue weighted by Gasteiger charge is 2.21. The number of carbonyl (C=O) groups is 2. The number of methoxy groups -OCH3 is 2. The summed E-state index contributed by atoms with van der Waals surface area (Å²) in [5.74, 6) is -1.25. The number of aliphatic carboxylic acids is 1. The molecule has 20 heavy (non-hydrogen) atoms. The Balaban J connectivity index is 3.07. The Morgan fingerprint density at radius 2 is 1.80 bits per heavy atom. The highest BCUT2D eigenvalue weighted by molar-refractivity contribution is 9.10. The van der Waals surface area contributed by atoms with Crippen molar-refractivity contribution in [1.29, 1.82) is 0 Å². The maximum absolute atomic E-state index is 12.0. The number of halogens is 1. The van der Waals surface area contributed by atoms with Gasteiger partial charge in [-0.15, -0.1) is 0 Å². The van der Waals surface area contributed by atoms with Crippen LogP contribution >= 0.6 is 15.9 Å². The molecule has 0 aromatic heterocycles. The van der Waals surface area contributed by atoms with Gasteiger partial charge in [0, 0.05) is 5.56 Å². The van der Waals surface area contributed by atoms with E-state index in [0.29, 0.717) is 16.0 Å². The molecule has 0 bridgehead atoms. The maximum Gasteiger partial charge on any atom is 0.328 e. The molecule has 1 aromatic carbocycles. The van der Waals surface area contributed by atoms with Crippen molar-refractivity contribution < 1.29 is 29.3 Å². The minimum absolute atomic E-state index is 0.154. The number of aliphatic hydroxyl groups is 1. The molecular weight excluding hydrogens is 334 g/mol. The van der Waals surface area contributed by atoms with E-state index in [1.54, 1.807) is 0 Å². The van der Waals surface area contributed by atoms with Crippen LogP contribution in [0.15, 0.2) is 16.6 Å². The lowest BCUT2D eigenvalue weighted by Crippen LogP contribution is -2.43. The number of carboxylic acid groups (broad SMARTS) is 1. The first-order chi connectivity index (χ1) is 9.44. The van der Waals surface area contributed by atoms with Crippen molar-refractivity contribution >= 4 is 27.8 Å². The van der Waals surface area contributed by atoms with Crippen molar-refractivity contribution in [3.8, 4) is 11.5 Å². The molecule has 0 aliphatic heterocycles. The van der Waals surface area contributed by atoms with Crippen LogP contribution in [0, 0.1) is 0 Å². The first-order valence-corrected chi connectivity index (χ1v) is 6.30. The molecule has 0 unspecified atom stereocenters. The number of hydrogen-bond donors (Lipinski definition) is 3. The number of nitrogens with one attached hydrogen (secondary N) is 1. The van der Waals surface area contributed by atoms with Crippen LogP contribution in [0.4, 0.5) is 0 Å². The standard InChI is InChI=1S/C12H14BrNO6/c1-19-8-3-6(4-9(20-2)10(8)13)11(16)14-7(5-15)12(17)18/h3-4,7,15H,5H2,1-2H3,(H,14,16)(H,17,18)/t7-/m0/s1. The second kappa shape index (κ2) is 7.11. The smallest absolute Gasteiger partial charge is 0.328 e. The molecule has 0 radical (unpaired) electrons. The number of carboxylic acids is 1. The van der Waals surface area contributed by atoms with Crippen molar-refractivity contribution in [1.82, 2.24) is 5.32 Å². The van der Waals surface area contributed by atoms with E-state index < -0.39 is 24.5 Å². The Morgan fingerprint density at radius 3 is 2.15 bits per heavy atom. The Kier molecular flexibility index (Phi) is 5.78. The third-order valence-electron chi connectivity index (χ3n) is 2.49. The lowest BCUT2D eigenvalue weighted by molar-refractivity contribution is -0.140. The van der Waals surface area contributed by atoms with Gasteiger partial charge in [-0.05, 0) is 28.1 Å². The molecule has 0 spiro atoms. The van der Waals surface area contributed by atoms with Gasteiger partial charge < -0.3 is 25.0 Å². The summed E-state index contributed by atoms with van der Waals surface area (Å²) in [7, 11) is 2.85. The molecule has 0 fully saturated rings. The van der Waals surface area contributed by atoms with Crippen LogP contribution in [0.3, 0.4) is 0 Å². The first-order valence-electron chi connectivity index (χ1n) is 5.50. The third kappa shape index (κ3) is 3.61. The number of hydrogen-bond acceptors (Lipinski definition) is 5. The van der Waals surface area contributed by atoms with Crippen LogP contribution in [0.1, 0.15) is 10.4 Å². The van der Waals surface area contributed by atoms with Crippen LogP contribution in [-0.4, -0.2) is 49.0 Å². The summed E-state index contributed by atoms with van der Waals surface area (Å²) in [5.41, 5.74) is 0.154. The zero-order chi connectivity index (χ0) is 15.3. The van der Waals surface area contributed by atoms with Crippen molar-refractivity contribution in [3.05, 3.63) is 22.2 Å². The molecule has 1 rings (SSSR count). The predicted molar refractivity (Wildman–Crippen MR) is 73.2 cm³/mol. The second-order valence-electron chi connectivity index (χ2n) is 3.74. The fraction of sp³-hybridized carbons (Fsp3) is 0.333. The van der Waals surface area contributed by atoms with Crippen molar-refractivity contribution in [2.45, 2.75) is 6.04 Å². The Hall–Kier alpha value is -1.80. The molecular formula is C12H14BrNO6. The molecule has 7 nitrogen and oxygen atoms in total. The highest BCUT2D eigenvalue weighted by Crippen LogP contribution is 2.35. The van der Waals surface area contributed by atoms with Gasteiger partial charge in [0.05, 0.1) is 20.8 Å². The molecule has 1 aromatic rings. The molecule has 0 saturated heterocycles. The van der Waals surface area contributed by atoms with Gasteiger partial charge in [-0.1, -0.05) is 0 Å². The van der Waals surface area contributed by atoms with Crippen LogP contribution in [-0.2, 0) is 4.79 Å². The van der Waals surface area contributed by atoms with Gasteiger partial charge in [0.15, 0.2) is 6.04 Å². The van der Waals surface area contributed by atoms with Gasteiger partial charge in [-0.25, -0.2) is 4.79 Å². The maximum atomic E-state index is 12.0. The zero-order valence-electron chi connectivity index (χ0n) is 10.8. The van der Waals surface area contributed by atoms with Crippen LogP contribution in [0.5, 0.6) is 11.5 Å². The predicted octanol–water partition coefficient (Wildman–Crippen LogP) is 0.642. The van der Waals surface area contributed by atoms with Gasteiger partial charge >= 0.3 is 5.97 Å². The van der Waals surface area contributed by atoms with Gasteiger partial charge in [0.2, 0.25) is 0 Å². The Morgan fingerprint density at radius 1 is 1.30 bits per heavy atom. The van der Waals surface area contributed by atoms with Gasteiger partial charge in [0.25, 0.3) is 5.91 Å². The number of ether oxygens (including phenoxy) is 2. The average molecular weight is 348 g/mol. The lowest BCUT2D eigenvalue weighted by atomic mass is 10.1. The van der Waals surface area contributed by atoms with E-state index in [0.717, 1.165) is 0 Å². The Labute approximate surface area is 123 Å². The molecule has 110 valence electrons. The molecule has 0 heterocycles. The molecule has 0 aliphatic rings. The third-order valence-corrected chi connectivity index (χ3v) is 3.28. The van der Waals surface area contributed by atoms with Gasteiger partial charge in [0.1, 0.15) is 16.0 Å². The summed E-state index contributed by atoms with van der Waals surface area (Å²) in [6, 6.07) is 1.49. The summed E-state index contributed by atoms with van der Waals surface area (Å²) >= 11 is 3.26. The summed E-state index contributed by atoms with van der Waals surface area (Å²) in [4.78, 5) is 22.7. The number of amides is 1. The topological polar surface area (TPSA) is 105 Å². The second-order valence-corrected chi connectivity index (χ2v) is 4.53. The molecule has 0 aliphatic carbocycles. The van der Waals surface area contributed by atoms with E-state index in [2.05, 4.69) is 21.2 Å². The average Bonchev–Trinajstić information content (AvgIpc) is 2.44. The van der Waals surface area contributed by atoms with Crippen LogP contribution in [0.2, 0.25) is 0 Å². The van der Waals surface area contributed by atoms with E-state index >= 15 is 0 Å². The first kappa shape index (κ1) is 16.3. The molecule has 8 heteroatoms. The fourth-order valence-corrected chi connectivity index (χ4v) is 1.98. The number of benzene rings is 1.